The van der Waals surface area contributed by atoms with Crippen LogP contribution >= 0.6 is 0 Å². The average molecular weight is 518 g/mol. The van der Waals surface area contributed by atoms with Crippen LogP contribution in [0.3, 0.4) is 0 Å². The number of anilines is 2. The van der Waals surface area contributed by atoms with E-state index in [1.165, 1.54) is 139 Å². The number of aromatic hydroxyl groups is 1. The fourth-order valence-electron chi connectivity index (χ4n) is 8.57. The van der Waals surface area contributed by atoms with Crippen molar-refractivity contribution in [3.8, 4) is 5.75 Å². The zero-order valence-corrected chi connectivity index (χ0v) is 24.0. The Balaban J connectivity index is 1.52. The first kappa shape index (κ1) is 26.3. The second-order valence-electron chi connectivity index (χ2n) is 13.1. The normalized spacial score (nSPS) is 23.1. The molecule has 2 aromatic rings. The highest BCUT2D eigenvalue weighted by atomic mass is 16.3. The van der Waals surface area contributed by atoms with Gasteiger partial charge >= 0.3 is 0 Å². The summed E-state index contributed by atoms with van der Waals surface area (Å²) in [6.07, 6.45) is 26.5. The van der Waals surface area contributed by atoms with Crippen molar-refractivity contribution in [2.75, 3.05) is 9.80 Å². The van der Waals surface area contributed by atoms with Gasteiger partial charge in [-0.1, -0.05) is 77.0 Å². The summed E-state index contributed by atoms with van der Waals surface area (Å²) in [7, 11) is 0. The van der Waals surface area contributed by atoms with Crippen LogP contribution in [-0.2, 0) is 0 Å². The number of fused-ring (bicyclic) bond motifs is 1. The smallest absolute Gasteiger partial charge is 0.165 e. The van der Waals surface area contributed by atoms with Crippen molar-refractivity contribution >= 4 is 22.3 Å². The Bertz CT molecular complexity index is 1020. The van der Waals surface area contributed by atoms with E-state index in [2.05, 4.69) is 34.9 Å². The molecule has 4 fully saturated rings. The van der Waals surface area contributed by atoms with Crippen LogP contribution in [0.5, 0.6) is 5.75 Å². The van der Waals surface area contributed by atoms with Gasteiger partial charge in [0.1, 0.15) is 5.52 Å². The molecule has 4 aliphatic rings. The SMILES string of the molecule is Cc1ccc2c(N(C3CCCCC3)C3CCCCC3)cc(N(C3CCCCC3)C3CCCCC3)c(O)c2n1. The van der Waals surface area contributed by atoms with Crippen molar-refractivity contribution in [2.45, 2.75) is 160 Å². The van der Waals surface area contributed by atoms with Gasteiger partial charge in [0.2, 0.25) is 0 Å². The van der Waals surface area contributed by atoms with Gasteiger partial charge in [0.25, 0.3) is 0 Å². The van der Waals surface area contributed by atoms with E-state index in [1.807, 2.05) is 0 Å². The lowest BCUT2D eigenvalue weighted by Crippen LogP contribution is -2.47. The molecule has 0 atom stereocenters. The van der Waals surface area contributed by atoms with Crippen molar-refractivity contribution in [1.29, 1.82) is 0 Å². The highest BCUT2D eigenvalue weighted by molar-refractivity contribution is 6.00. The van der Waals surface area contributed by atoms with Crippen LogP contribution in [0.2, 0.25) is 0 Å². The molecule has 0 radical (unpaired) electrons. The van der Waals surface area contributed by atoms with Gasteiger partial charge in [-0.25, -0.2) is 4.98 Å². The van der Waals surface area contributed by atoms with Crippen LogP contribution in [0, 0.1) is 6.92 Å². The number of benzene rings is 1. The molecule has 0 bridgehead atoms. The largest absolute Gasteiger partial charge is 0.504 e. The number of phenolic OH excluding ortho intramolecular Hbond substituents is 1. The van der Waals surface area contributed by atoms with E-state index < -0.39 is 0 Å². The van der Waals surface area contributed by atoms with Crippen LogP contribution in [0.15, 0.2) is 18.2 Å². The lowest BCUT2D eigenvalue weighted by atomic mass is 9.86. The maximum absolute atomic E-state index is 12.0. The first-order valence-electron chi connectivity index (χ1n) is 16.4. The molecule has 4 aliphatic carbocycles. The van der Waals surface area contributed by atoms with Gasteiger partial charge in [-0.2, -0.15) is 0 Å². The van der Waals surface area contributed by atoms with E-state index in [-0.39, 0.29) is 0 Å². The lowest BCUT2D eigenvalue weighted by molar-refractivity contribution is 0.335. The predicted molar refractivity (Wildman–Crippen MR) is 161 cm³/mol. The molecule has 0 unspecified atom stereocenters. The van der Waals surface area contributed by atoms with Crippen LogP contribution in [0.4, 0.5) is 11.4 Å². The summed E-state index contributed by atoms with van der Waals surface area (Å²) in [5.41, 5.74) is 4.31. The molecule has 1 N–H and O–H groups in total. The summed E-state index contributed by atoms with van der Waals surface area (Å²) in [6.45, 7) is 2.07. The van der Waals surface area contributed by atoms with Gasteiger partial charge < -0.3 is 14.9 Å². The molecule has 4 saturated carbocycles. The molecule has 4 nitrogen and oxygen atoms in total. The number of nitrogens with zero attached hydrogens (tertiary/aromatic N) is 3. The predicted octanol–water partition coefficient (Wildman–Crippen LogP) is 9.19. The van der Waals surface area contributed by atoms with Gasteiger partial charge in [0.05, 0.1) is 5.69 Å². The van der Waals surface area contributed by atoms with E-state index in [4.69, 9.17) is 4.98 Å². The van der Waals surface area contributed by atoms with E-state index >= 15 is 0 Å². The number of hydrogen-bond donors (Lipinski definition) is 1. The summed E-state index contributed by atoms with van der Waals surface area (Å²) >= 11 is 0. The topological polar surface area (TPSA) is 39.6 Å². The average Bonchev–Trinajstić information content (AvgIpc) is 2.98. The van der Waals surface area contributed by atoms with Crippen LogP contribution in [0.1, 0.15) is 134 Å². The molecule has 0 spiro atoms. The highest BCUT2D eigenvalue weighted by Crippen LogP contribution is 2.47. The standard InChI is InChI=1S/C34H51N3O/c1-25-22-23-30-31(36(26-14-6-2-7-15-26)27-16-8-3-9-17-27)24-32(34(38)33(30)35-25)37(28-18-10-4-11-19-28)29-20-12-5-13-21-29/h22-24,26-29,38H,2-21H2,1H3. The zero-order valence-electron chi connectivity index (χ0n) is 24.0. The van der Waals surface area contributed by atoms with Crippen molar-refractivity contribution < 1.29 is 5.11 Å². The number of hydrogen-bond acceptors (Lipinski definition) is 4. The Morgan fingerprint density at radius 1 is 0.579 bits per heavy atom. The monoisotopic (exact) mass is 517 g/mol. The summed E-state index contributed by atoms with van der Waals surface area (Å²) in [5, 5.41) is 13.2. The molecule has 38 heavy (non-hydrogen) atoms. The summed E-state index contributed by atoms with van der Waals surface area (Å²) in [6, 6.07) is 9.21. The van der Waals surface area contributed by atoms with Gasteiger partial charge in [-0.3, -0.25) is 0 Å². The molecule has 1 heterocycles. The molecule has 0 aliphatic heterocycles. The van der Waals surface area contributed by atoms with Crippen LogP contribution in [-0.4, -0.2) is 34.3 Å². The van der Waals surface area contributed by atoms with Crippen molar-refractivity contribution in [3.05, 3.63) is 23.9 Å². The minimum absolute atomic E-state index is 0.441. The summed E-state index contributed by atoms with van der Waals surface area (Å²) in [4.78, 5) is 10.7. The Kier molecular flexibility index (Phi) is 8.33. The Morgan fingerprint density at radius 3 is 1.39 bits per heavy atom. The van der Waals surface area contributed by atoms with Crippen molar-refractivity contribution in [3.63, 3.8) is 0 Å². The van der Waals surface area contributed by atoms with Crippen LogP contribution in [0.25, 0.3) is 10.9 Å². The fraction of sp³-hybridized carbons (Fsp3) is 0.735. The zero-order chi connectivity index (χ0) is 25.9. The minimum Gasteiger partial charge on any atom is -0.504 e. The number of aromatic nitrogens is 1. The van der Waals surface area contributed by atoms with Gasteiger partial charge in [0.15, 0.2) is 5.75 Å². The van der Waals surface area contributed by atoms with E-state index in [1.54, 1.807) is 0 Å². The van der Waals surface area contributed by atoms with E-state index in [0.29, 0.717) is 29.9 Å². The molecule has 1 aromatic heterocycles. The number of pyridine rings is 1. The van der Waals surface area contributed by atoms with Gasteiger partial charge in [0, 0.05) is 40.9 Å². The van der Waals surface area contributed by atoms with E-state index in [0.717, 1.165) is 16.9 Å². The third-order valence-electron chi connectivity index (χ3n) is 10.5. The molecule has 4 heteroatoms. The molecule has 1 aromatic carbocycles. The fourth-order valence-corrected chi connectivity index (χ4v) is 8.57. The van der Waals surface area contributed by atoms with E-state index in [9.17, 15) is 5.11 Å². The molecule has 0 amide bonds. The quantitative estimate of drug-likeness (QED) is 0.414. The Hall–Kier alpha value is -1.97. The lowest BCUT2D eigenvalue weighted by Gasteiger charge is -2.46. The molecular formula is C34H51N3O. The first-order valence-corrected chi connectivity index (χ1v) is 16.4. The maximum atomic E-state index is 12.0. The van der Waals surface area contributed by atoms with Crippen molar-refractivity contribution in [2.24, 2.45) is 0 Å². The van der Waals surface area contributed by atoms with Gasteiger partial charge in [-0.15, -0.1) is 0 Å². The van der Waals surface area contributed by atoms with Gasteiger partial charge in [-0.05, 0) is 76.5 Å². The molecule has 0 saturated heterocycles. The second-order valence-corrected chi connectivity index (χ2v) is 13.1. The highest BCUT2D eigenvalue weighted by Gasteiger charge is 2.35. The van der Waals surface area contributed by atoms with Crippen LogP contribution < -0.4 is 9.80 Å². The maximum Gasteiger partial charge on any atom is 0.165 e. The minimum atomic E-state index is 0.441. The molecular weight excluding hydrogens is 466 g/mol. The number of rotatable bonds is 6. The number of phenols is 1. The van der Waals surface area contributed by atoms with Crippen molar-refractivity contribution in [1.82, 2.24) is 4.98 Å². The molecule has 6 rings (SSSR count). The number of aryl methyl sites for hydroxylation is 1. The summed E-state index contributed by atoms with van der Waals surface area (Å²) < 4.78 is 0. The summed E-state index contributed by atoms with van der Waals surface area (Å²) in [5.74, 6) is 0.441. The Morgan fingerprint density at radius 2 is 0.974 bits per heavy atom. The Labute approximate surface area is 231 Å². The third kappa shape index (κ3) is 5.39. The second kappa shape index (κ2) is 12.0. The first-order chi connectivity index (χ1) is 18.7. The third-order valence-corrected chi connectivity index (χ3v) is 10.5. The molecule has 208 valence electrons.